The summed E-state index contributed by atoms with van der Waals surface area (Å²) in [5, 5.41) is 13.9. The van der Waals surface area contributed by atoms with Gasteiger partial charge in [0.2, 0.25) is 0 Å². The number of anilines is 3. The first kappa shape index (κ1) is 12.7. The zero-order valence-electron chi connectivity index (χ0n) is 10.1. The lowest BCUT2D eigenvalue weighted by atomic mass is 10.2. The van der Waals surface area contributed by atoms with Crippen LogP contribution in [0.15, 0.2) is 42.5 Å². The number of nitrogens with two attached hydrogens (primary N) is 1. The minimum atomic E-state index is -1.17. The molecule has 2 rings (SSSR count). The van der Waals surface area contributed by atoms with E-state index in [2.05, 4.69) is 15.6 Å². The van der Waals surface area contributed by atoms with Crippen LogP contribution in [-0.2, 0) is 6.54 Å². The normalized spacial score (nSPS) is 9.89. The molecule has 0 spiro atoms. The van der Waals surface area contributed by atoms with Gasteiger partial charge in [-0.05, 0) is 17.7 Å². The standard InChI is InChI=1S/C13H14N4O2/c14-12-10(16-13(18)19)6-7-11(17-12)15-8-9-4-2-1-3-5-9/h1-7,16H,8H2,(H,18,19)(H3,14,15,17). The van der Waals surface area contributed by atoms with Gasteiger partial charge in [0.1, 0.15) is 11.6 Å². The summed E-state index contributed by atoms with van der Waals surface area (Å²) < 4.78 is 0. The maximum absolute atomic E-state index is 10.5. The van der Waals surface area contributed by atoms with Gasteiger partial charge in [-0.1, -0.05) is 30.3 Å². The van der Waals surface area contributed by atoms with Gasteiger partial charge in [-0.25, -0.2) is 9.78 Å². The van der Waals surface area contributed by atoms with E-state index in [-0.39, 0.29) is 11.5 Å². The second kappa shape index (κ2) is 5.72. The summed E-state index contributed by atoms with van der Waals surface area (Å²) in [6, 6.07) is 13.1. The molecule has 1 aromatic carbocycles. The highest BCUT2D eigenvalue weighted by atomic mass is 16.4. The third-order valence-corrected chi connectivity index (χ3v) is 2.48. The van der Waals surface area contributed by atoms with Crippen molar-refractivity contribution in [3.63, 3.8) is 0 Å². The first-order chi connectivity index (χ1) is 9.15. The molecule has 1 heterocycles. The second-order valence-electron chi connectivity index (χ2n) is 3.90. The van der Waals surface area contributed by atoms with Crippen LogP contribution in [0.25, 0.3) is 0 Å². The summed E-state index contributed by atoms with van der Waals surface area (Å²) in [5.41, 5.74) is 7.06. The first-order valence-electron chi connectivity index (χ1n) is 5.69. The number of benzene rings is 1. The summed E-state index contributed by atoms with van der Waals surface area (Å²) in [7, 11) is 0. The van der Waals surface area contributed by atoms with Gasteiger partial charge in [0.25, 0.3) is 0 Å². The Bertz CT molecular complexity index is 572. The monoisotopic (exact) mass is 258 g/mol. The number of carbonyl (C=O) groups is 1. The molecule has 0 atom stereocenters. The van der Waals surface area contributed by atoms with Gasteiger partial charge in [0, 0.05) is 6.54 Å². The molecule has 0 bridgehead atoms. The maximum Gasteiger partial charge on any atom is 0.409 e. The Balaban J connectivity index is 2.02. The van der Waals surface area contributed by atoms with Crippen LogP contribution in [0.2, 0.25) is 0 Å². The largest absolute Gasteiger partial charge is 0.465 e. The highest BCUT2D eigenvalue weighted by molar-refractivity contribution is 5.86. The molecule has 0 unspecified atom stereocenters. The van der Waals surface area contributed by atoms with Gasteiger partial charge in [0.15, 0.2) is 0 Å². The van der Waals surface area contributed by atoms with Gasteiger partial charge >= 0.3 is 6.09 Å². The van der Waals surface area contributed by atoms with E-state index in [4.69, 9.17) is 10.8 Å². The molecule has 0 saturated heterocycles. The van der Waals surface area contributed by atoms with Crippen molar-refractivity contribution in [2.45, 2.75) is 6.54 Å². The highest BCUT2D eigenvalue weighted by Gasteiger charge is 2.05. The molecule has 6 heteroatoms. The fourth-order valence-electron chi connectivity index (χ4n) is 1.58. The van der Waals surface area contributed by atoms with Crippen LogP contribution < -0.4 is 16.4 Å². The average molecular weight is 258 g/mol. The number of nitrogen functional groups attached to an aromatic ring is 1. The van der Waals surface area contributed by atoms with E-state index in [0.29, 0.717) is 12.4 Å². The van der Waals surface area contributed by atoms with Gasteiger partial charge in [-0.2, -0.15) is 0 Å². The van der Waals surface area contributed by atoms with Crippen LogP contribution in [0.5, 0.6) is 0 Å². The minimum absolute atomic E-state index is 0.139. The number of hydrogen-bond acceptors (Lipinski definition) is 4. The van der Waals surface area contributed by atoms with E-state index < -0.39 is 6.09 Å². The number of hydrogen-bond donors (Lipinski definition) is 4. The smallest absolute Gasteiger partial charge is 0.409 e. The molecule has 98 valence electrons. The Morgan fingerprint density at radius 2 is 1.95 bits per heavy atom. The number of aromatic nitrogens is 1. The lowest BCUT2D eigenvalue weighted by molar-refractivity contribution is 0.210. The van der Waals surface area contributed by atoms with Gasteiger partial charge in [0.05, 0.1) is 5.69 Å². The molecular formula is C13H14N4O2. The number of carboxylic acid groups (broad SMARTS) is 1. The summed E-state index contributed by atoms with van der Waals surface area (Å²) in [4.78, 5) is 14.6. The predicted molar refractivity (Wildman–Crippen MR) is 74.1 cm³/mol. The Hall–Kier alpha value is -2.76. The predicted octanol–water partition coefficient (Wildman–Crippen LogP) is 2.37. The van der Waals surface area contributed by atoms with Crippen LogP contribution in [0, 0.1) is 0 Å². The van der Waals surface area contributed by atoms with E-state index in [1.807, 2.05) is 30.3 Å². The van der Waals surface area contributed by atoms with Crippen LogP contribution >= 0.6 is 0 Å². The van der Waals surface area contributed by atoms with Crippen LogP contribution in [0.1, 0.15) is 5.56 Å². The highest BCUT2D eigenvalue weighted by Crippen LogP contribution is 2.18. The number of nitrogens with one attached hydrogen (secondary N) is 2. The molecule has 19 heavy (non-hydrogen) atoms. The van der Waals surface area contributed by atoms with Crippen molar-refractivity contribution < 1.29 is 9.90 Å². The van der Waals surface area contributed by atoms with E-state index >= 15 is 0 Å². The summed E-state index contributed by atoms with van der Waals surface area (Å²) in [6.45, 7) is 0.624. The van der Waals surface area contributed by atoms with Gasteiger partial charge < -0.3 is 16.2 Å². The maximum atomic E-state index is 10.5. The molecule has 0 aliphatic rings. The molecule has 0 aliphatic carbocycles. The van der Waals surface area contributed by atoms with Gasteiger partial charge in [-0.15, -0.1) is 0 Å². The topological polar surface area (TPSA) is 100 Å². The summed E-state index contributed by atoms with van der Waals surface area (Å²) in [6.07, 6.45) is -1.17. The third kappa shape index (κ3) is 3.60. The zero-order chi connectivity index (χ0) is 13.7. The zero-order valence-corrected chi connectivity index (χ0v) is 10.1. The quantitative estimate of drug-likeness (QED) is 0.674. The van der Waals surface area contributed by atoms with E-state index in [1.54, 1.807) is 12.1 Å². The molecular weight excluding hydrogens is 244 g/mol. The summed E-state index contributed by atoms with van der Waals surface area (Å²) in [5.74, 6) is 0.734. The average Bonchev–Trinajstić information content (AvgIpc) is 2.40. The molecule has 0 radical (unpaired) electrons. The molecule has 1 aromatic heterocycles. The molecule has 0 fully saturated rings. The Morgan fingerprint density at radius 1 is 1.21 bits per heavy atom. The number of rotatable bonds is 4. The Morgan fingerprint density at radius 3 is 2.58 bits per heavy atom. The lowest BCUT2D eigenvalue weighted by Crippen LogP contribution is -2.11. The van der Waals surface area contributed by atoms with Crippen LogP contribution in [0.3, 0.4) is 0 Å². The van der Waals surface area contributed by atoms with Crippen molar-refractivity contribution in [3.05, 3.63) is 48.0 Å². The molecule has 5 N–H and O–H groups in total. The van der Waals surface area contributed by atoms with Crippen LogP contribution in [-0.4, -0.2) is 16.2 Å². The van der Waals surface area contributed by atoms with E-state index in [1.165, 1.54) is 0 Å². The molecule has 6 nitrogen and oxygen atoms in total. The molecule has 0 saturated carbocycles. The van der Waals surface area contributed by atoms with Crippen molar-refractivity contribution in [1.29, 1.82) is 0 Å². The molecule has 1 amide bonds. The Labute approximate surface area is 110 Å². The second-order valence-corrected chi connectivity index (χ2v) is 3.90. The molecule has 0 aliphatic heterocycles. The number of pyridine rings is 1. The lowest BCUT2D eigenvalue weighted by Gasteiger charge is -2.09. The number of amides is 1. The van der Waals surface area contributed by atoms with Crippen molar-refractivity contribution in [1.82, 2.24) is 4.98 Å². The van der Waals surface area contributed by atoms with E-state index in [0.717, 1.165) is 5.56 Å². The Kier molecular flexibility index (Phi) is 3.82. The van der Waals surface area contributed by atoms with Crippen molar-refractivity contribution in [2.75, 3.05) is 16.4 Å². The fraction of sp³-hybridized carbons (Fsp3) is 0.0769. The van der Waals surface area contributed by atoms with Crippen LogP contribution in [0.4, 0.5) is 22.1 Å². The van der Waals surface area contributed by atoms with Crippen molar-refractivity contribution >= 4 is 23.4 Å². The first-order valence-corrected chi connectivity index (χ1v) is 5.69. The fourth-order valence-corrected chi connectivity index (χ4v) is 1.58. The SMILES string of the molecule is Nc1nc(NCc2ccccc2)ccc1NC(=O)O. The van der Waals surface area contributed by atoms with Crippen molar-refractivity contribution in [3.8, 4) is 0 Å². The summed E-state index contributed by atoms with van der Waals surface area (Å²) >= 11 is 0. The van der Waals surface area contributed by atoms with E-state index in [9.17, 15) is 4.79 Å². The molecule has 2 aromatic rings. The number of nitrogens with zero attached hydrogens (tertiary/aromatic N) is 1. The van der Waals surface area contributed by atoms with Crippen molar-refractivity contribution in [2.24, 2.45) is 0 Å². The minimum Gasteiger partial charge on any atom is -0.465 e. The van der Waals surface area contributed by atoms with Gasteiger partial charge in [-0.3, -0.25) is 5.32 Å². The third-order valence-electron chi connectivity index (χ3n) is 2.48.